The molecule has 0 spiro atoms. The van der Waals surface area contributed by atoms with Crippen LogP contribution in [0.3, 0.4) is 0 Å². The Kier molecular flexibility index (Phi) is 4.09. The van der Waals surface area contributed by atoms with E-state index >= 15 is 0 Å². The van der Waals surface area contributed by atoms with Gasteiger partial charge in [0.15, 0.2) is 11.5 Å². The third-order valence-corrected chi connectivity index (χ3v) is 3.22. The van der Waals surface area contributed by atoms with Crippen molar-refractivity contribution in [3.05, 3.63) is 23.8 Å². The SMILES string of the molecule is CCOc1ccc(C2(CO)COC2)cc1OCC. The summed E-state index contributed by atoms with van der Waals surface area (Å²) >= 11 is 0. The Balaban J connectivity index is 2.30. The first-order valence-corrected chi connectivity index (χ1v) is 6.34. The number of ether oxygens (including phenoxy) is 3. The van der Waals surface area contributed by atoms with Crippen molar-refractivity contribution in [1.29, 1.82) is 0 Å². The van der Waals surface area contributed by atoms with Crippen LogP contribution in [-0.2, 0) is 10.2 Å². The molecule has 4 nitrogen and oxygen atoms in total. The third-order valence-electron chi connectivity index (χ3n) is 3.22. The Bertz CT molecular complexity index is 393. The monoisotopic (exact) mass is 252 g/mol. The average Bonchev–Trinajstić information content (AvgIpc) is 2.32. The first-order chi connectivity index (χ1) is 8.75. The van der Waals surface area contributed by atoms with Gasteiger partial charge in [0.25, 0.3) is 0 Å². The lowest BCUT2D eigenvalue weighted by Crippen LogP contribution is -2.49. The van der Waals surface area contributed by atoms with Gasteiger partial charge < -0.3 is 19.3 Å². The Labute approximate surface area is 107 Å². The molecule has 1 saturated heterocycles. The molecule has 18 heavy (non-hydrogen) atoms. The van der Waals surface area contributed by atoms with E-state index < -0.39 is 0 Å². The number of hydrogen-bond acceptors (Lipinski definition) is 4. The predicted molar refractivity (Wildman–Crippen MR) is 68.4 cm³/mol. The van der Waals surface area contributed by atoms with Gasteiger partial charge in [-0.05, 0) is 31.5 Å². The molecule has 0 saturated carbocycles. The van der Waals surface area contributed by atoms with Gasteiger partial charge in [-0.2, -0.15) is 0 Å². The van der Waals surface area contributed by atoms with Gasteiger partial charge in [0.2, 0.25) is 0 Å². The minimum absolute atomic E-state index is 0.0898. The van der Waals surface area contributed by atoms with Crippen LogP contribution in [0, 0.1) is 0 Å². The summed E-state index contributed by atoms with van der Waals surface area (Å²) in [4.78, 5) is 0. The zero-order valence-electron chi connectivity index (χ0n) is 10.9. The highest BCUT2D eigenvalue weighted by Gasteiger charge is 2.40. The molecule has 1 heterocycles. The van der Waals surface area contributed by atoms with Crippen LogP contribution in [0.1, 0.15) is 19.4 Å². The molecule has 0 unspecified atom stereocenters. The molecule has 1 aromatic carbocycles. The van der Waals surface area contributed by atoms with Gasteiger partial charge in [-0.3, -0.25) is 0 Å². The second-order valence-electron chi connectivity index (χ2n) is 4.46. The van der Waals surface area contributed by atoms with Gasteiger partial charge in [0, 0.05) is 0 Å². The van der Waals surface area contributed by atoms with E-state index in [0.717, 1.165) is 17.1 Å². The van der Waals surface area contributed by atoms with Crippen molar-refractivity contribution in [1.82, 2.24) is 0 Å². The third kappa shape index (κ3) is 2.31. The molecule has 0 radical (unpaired) electrons. The summed E-state index contributed by atoms with van der Waals surface area (Å²) in [6.45, 7) is 6.29. The molecular formula is C14H20O4. The number of benzene rings is 1. The second-order valence-corrected chi connectivity index (χ2v) is 4.46. The summed E-state index contributed by atoms with van der Waals surface area (Å²) in [5.74, 6) is 1.48. The summed E-state index contributed by atoms with van der Waals surface area (Å²) in [6, 6.07) is 5.83. The highest BCUT2D eigenvalue weighted by molar-refractivity contribution is 5.46. The molecular weight excluding hydrogens is 232 g/mol. The molecule has 100 valence electrons. The molecule has 0 atom stereocenters. The summed E-state index contributed by atoms with van der Waals surface area (Å²) < 4.78 is 16.3. The topological polar surface area (TPSA) is 47.9 Å². The predicted octanol–water partition coefficient (Wildman–Crippen LogP) is 1.74. The van der Waals surface area contributed by atoms with E-state index in [0.29, 0.717) is 26.4 Å². The van der Waals surface area contributed by atoms with Crippen molar-refractivity contribution >= 4 is 0 Å². The normalized spacial score (nSPS) is 17.1. The van der Waals surface area contributed by atoms with Gasteiger partial charge in [0.1, 0.15) is 0 Å². The van der Waals surface area contributed by atoms with Crippen molar-refractivity contribution in [2.45, 2.75) is 19.3 Å². The number of hydrogen-bond donors (Lipinski definition) is 1. The van der Waals surface area contributed by atoms with Gasteiger partial charge >= 0.3 is 0 Å². The highest BCUT2D eigenvalue weighted by Crippen LogP contribution is 2.37. The molecule has 0 aromatic heterocycles. The number of rotatable bonds is 6. The minimum Gasteiger partial charge on any atom is -0.490 e. The van der Waals surface area contributed by atoms with Crippen molar-refractivity contribution in [3.8, 4) is 11.5 Å². The fourth-order valence-electron chi connectivity index (χ4n) is 2.08. The van der Waals surface area contributed by atoms with E-state index in [1.807, 2.05) is 32.0 Å². The first kappa shape index (κ1) is 13.2. The average molecular weight is 252 g/mol. The molecule has 1 fully saturated rings. The van der Waals surface area contributed by atoms with Crippen molar-refractivity contribution < 1.29 is 19.3 Å². The maximum atomic E-state index is 9.53. The van der Waals surface area contributed by atoms with E-state index in [9.17, 15) is 5.11 Å². The fraction of sp³-hybridized carbons (Fsp3) is 0.571. The smallest absolute Gasteiger partial charge is 0.161 e. The molecule has 1 aliphatic rings. The lowest BCUT2D eigenvalue weighted by Gasteiger charge is -2.40. The van der Waals surface area contributed by atoms with Crippen LogP contribution < -0.4 is 9.47 Å². The van der Waals surface area contributed by atoms with Crippen LogP contribution >= 0.6 is 0 Å². The minimum atomic E-state index is -0.267. The van der Waals surface area contributed by atoms with E-state index in [1.165, 1.54) is 0 Å². The van der Waals surface area contributed by atoms with Crippen LogP contribution in [0.4, 0.5) is 0 Å². The quantitative estimate of drug-likeness (QED) is 0.838. The van der Waals surface area contributed by atoms with E-state index in [2.05, 4.69) is 0 Å². The van der Waals surface area contributed by atoms with E-state index in [4.69, 9.17) is 14.2 Å². The van der Waals surface area contributed by atoms with Gasteiger partial charge in [-0.1, -0.05) is 6.07 Å². The summed E-state index contributed by atoms with van der Waals surface area (Å²) in [7, 11) is 0. The maximum Gasteiger partial charge on any atom is 0.161 e. The zero-order valence-corrected chi connectivity index (χ0v) is 10.9. The van der Waals surface area contributed by atoms with Crippen LogP contribution in [0.2, 0.25) is 0 Å². The largest absolute Gasteiger partial charge is 0.490 e. The first-order valence-electron chi connectivity index (χ1n) is 6.34. The second kappa shape index (κ2) is 5.59. The van der Waals surface area contributed by atoms with E-state index in [-0.39, 0.29) is 12.0 Å². The fourth-order valence-corrected chi connectivity index (χ4v) is 2.08. The number of aliphatic hydroxyl groups is 1. The number of aliphatic hydroxyl groups excluding tert-OH is 1. The Morgan fingerprint density at radius 3 is 2.33 bits per heavy atom. The van der Waals surface area contributed by atoms with Gasteiger partial charge in [-0.25, -0.2) is 0 Å². The Morgan fingerprint density at radius 1 is 1.17 bits per heavy atom. The molecule has 0 aliphatic carbocycles. The molecule has 2 rings (SSSR count). The van der Waals surface area contributed by atoms with E-state index in [1.54, 1.807) is 0 Å². The lowest BCUT2D eigenvalue weighted by atomic mass is 9.79. The highest BCUT2D eigenvalue weighted by atomic mass is 16.5. The van der Waals surface area contributed by atoms with Crippen LogP contribution in [0.25, 0.3) is 0 Å². The Hall–Kier alpha value is -1.26. The van der Waals surface area contributed by atoms with Crippen LogP contribution in [0.5, 0.6) is 11.5 Å². The molecule has 0 bridgehead atoms. The molecule has 1 aromatic rings. The van der Waals surface area contributed by atoms with Crippen molar-refractivity contribution in [3.63, 3.8) is 0 Å². The summed E-state index contributed by atoms with van der Waals surface area (Å²) in [5, 5.41) is 9.53. The molecule has 1 N–H and O–H groups in total. The van der Waals surface area contributed by atoms with Crippen LogP contribution in [-0.4, -0.2) is 38.1 Å². The molecule has 0 amide bonds. The van der Waals surface area contributed by atoms with Crippen molar-refractivity contribution in [2.24, 2.45) is 0 Å². The standard InChI is InChI=1S/C14H20O4/c1-3-17-12-6-5-11(7-13(12)18-4-2)14(8-15)9-16-10-14/h5-7,15H,3-4,8-10H2,1-2H3. The summed E-state index contributed by atoms with van der Waals surface area (Å²) in [5.41, 5.74) is 0.777. The molecule has 4 heteroatoms. The Morgan fingerprint density at radius 2 is 1.83 bits per heavy atom. The summed E-state index contributed by atoms with van der Waals surface area (Å²) in [6.07, 6.45) is 0. The molecule has 1 aliphatic heterocycles. The van der Waals surface area contributed by atoms with Crippen LogP contribution in [0.15, 0.2) is 18.2 Å². The zero-order chi connectivity index (χ0) is 13.0. The van der Waals surface area contributed by atoms with Crippen molar-refractivity contribution in [2.75, 3.05) is 33.0 Å². The maximum absolute atomic E-state index is 9.53. The van der Waals surface area contributed by atoms with Gasteiger partial charge in [-0.15, -0.1) is 0 Å². The lowest BCUT2D eigenvalue weighted by molar-refractivity contribution is -0.0842. The van der Waals surface area contributed by atoms with Gasteiger partial charge in [0.05, 0.1) is 38.4 Å².